The van der Waals surface area contributed by atoms with Crippen LogP contribution in [0.25, 0.3) is 0 Å². The average molecular weight is 577 g/mol. The standard InChI is InChI=1S/C21H20O4.C15H28O2/c1-5-19(22)24-17-11-7-15(8-12-17)21(3,4)16-9-13-18(14-10-16)25-20(23)6-2;1-3-4-5-6-7-8-9-10-11-12-13-14(2)15(16)17/h5-14H,1-2H2,3-4H3;2-13H2,1H3,(H,16,17). The molecule has 0 saturated heterocycles. The number of carboxylic acid groups (broad SMARTS) is 1. The summed E-state index contributed by atoms with van der Waals surface area (Å²) in [5.74, 6) is -0.887. The molecular weight excluding hydrogens is 528 g/mol. The van der Waals surface area contributed by atoms with Crippen molar-refractivity contribution in [2.45, 2.75) is 96.8 Å². The summed E-state index contributed by atoms with van der Waals surface area (Å²) in [5.41, 5.74) is 2.19. The summed E-state index contributed by atoms with van der Waals surface area (Å²) in [6.07, 6.45) is 15.7. The molecule has 0 spiro atoms. The van der Waals surface area contributed by atoms with Gasteiger partial charge in [-0.3, -0.25) is 0 Å². The van der Waals surface area contributed by atoms with Gasteiger partial charge < -0.3 is 14.6 Å². The van der Waals surface area contributed by atoms with E-state index in [4.69, 9.17) is 14.6 Å². The number of hydrogen-bond donors (Lipinski definition) is 1. The molecule has 42 heavy (non-hydrogen) atoms. The molecule has 0 unspecified atom stereocenters. The monoisotopic (exact) mass is 576 g/mol. The van der Waals surface area contributed by atoms with Gasteiger partial charge in [-0.1, -0.05) is 123 Å². The first-order chi connectivity index (χ1) is 20.0. The summed E-state index contributed by atoms with van der Waals surface area (Å²) < 4.78 is 10.2. The van der Waals surface area contributed by atoms with Crippen LogP contribution < -0.4 is 9.47 Å². The molecular formula is C36H48O6. The van der Waals surface area contributed by atoms with Gasteiger partial charge in [0, 0.05) is 23.1 Å². The zero-order chi connectivity index (χ0) is 31.4. The predicted molar refractivity (Wildman–Crippen MR) is 170 cm³/mol. The Kier molecular flexibility index (Phi) is 17.2. The first-order valence-electron chi connectivity index (χ1n) is 14.9. The minimum absolute atomic E-state index is 0.276. The number of hydrogen-bond acceptors (Lipinski definition) is 5. The summed E-state index contributed by atoms with van der Waals surface area (Å²) in [6.45, 7) is 16.7. The molecule has 0 radical (unpaired) electrons. The van der Waals surface area contributed by atoms with E-state index in [2.05, 4.69) is 40.5 Å². The van der Waals surface area contributed by atoms with Crippen LogP contribution in [-0.4, -0.2) is 23.0 Å². The number of benzene rings is 2. The maximum absolute atomic E-state index is 11.2. The third-order valence-electron chi connectivity index (χ3n) is 7.06. The van der Waals surface area contributed by atoms with Crippen molar-refractivity contribution >= 4 is 17.9 Å². The van der Waals surface area contributed by atoms with E-state index in [1.807, 2.05) is 24.3 Å². The highest BCUT2D eigenvalue weighted by Crippen LogP contribution is 2.33. The number of unbranched alkanes of at least 4 members (excludes halogenated alkanes) is 9. The Balaban J connectivity index is 0.000000456. The van der Waals surface area contributed by atoms with Gasteiger partial charge in [-0.25, -0.2) is 14.4 Å². The molecule has 0 heterocycles. The Morgan fingerprint density at radius 2 is 1.05 bits per heavy atom. The molecule has 0 bridgehead atoms. The predicted octanol–water partition coefficient (Wildman–Crippen LogP) is 9.13. The third kappa shape index (κ3) is 14.1. The molecule has 0 aliphatic carbocycles. The Bertz CT molecular complexity index is 1070. The van der Waals surface area contributed by atoms with Crippen molar-refractivity contribution in [3.8, 4) is 11.5 Å². The van der Waals surface area contributed by atoms with Gasteiger partial charge in [-0.05, 0) is 48.2 Å². The normalized spacial score (nSPS) is 10.5. The molecule has 0 atom stereocenters. The molecule has 228 valence electrons. The maximum atomic E-state index is 11.2. The second-order valence-electron chi connectivity index (χ2n) is 10.8. The lowest BCUT2D eigenvalue weighted by Crippen LogP contribution is -2.18. The largest absolute Gasteiger partial charge is 0.478 e. The minimum atomic E-state index is -0.846. The third-order valence-corrected chi connectivity index (χ3v) is 7.06. The first kappa shape index (κ1) is 36.1. The molecule has 0 aromatic heterocycles. The van der Waals surface area contributed by atoms with Crippen LogP contribution in [0.15, 0.2) is 86.0 Å². The molecule has 0 aliphatic rings. The quantitative estimate of drug-likeness (QED) is 0.0824. The molecule has 1 N–H and O–H groups in total. The molecule has 0 saturated carbocycles. The highest BCUT2D eigenvalue weighted by molar-refractivity contribution is 5.85. The number of carboxylic acids is 1. The van der Waals surface area contributed by atoms with Crippen molar-refractivity contribution < 1.29 is 29.0 Å². The molecule has 2 aromatic carbocycles. The minimum Gasteiger partial charge on any atom is -0.478 e. The zero-order valence-electron chi connectivity index (χ0n) is 25.7. The van der Waals surface area contributed by atoms with Gasteiger partial charge in [0.15, 0.2) is 0 Å². The van der Waals surface area contributed by atoms with Crippen LogP contribution in [-0.2, 0) is 19.8 Å². The summed E-state index contributed by atoms with van der Waals surface area (Å²) in [6, 6.07) is 14.7. The summed E-state index contributed by atoms with van der Waals surface area (Å²) in [7, 11) is 0. The van der Waals surface area contributed by atoms with Gasteiger partial charge in [0.25, 0.3) is 0 Å². The summed E-state index contributed by atoms with van der Waals surface area (Å²) in [5, 5.41) is 8.63. The van der Waals surface area contributed by atoms with E-state index in [0.717, 1.165) is 36.1 Å². The van der Waals surface area contributed by atoms with Crippen LogP contribution in [0.3, 0.4) is 0 Å². The van der Waals surface area contributed by atoms with E-state index in [1.54, 1.807) is 24.3 Å². The number of esters is 2. The molecule has 0 aliphatic heterocycles. The van der Waals surface area contributed by atoms with E-state index in [9.17, 15) is 14.4 Å². The van der Waals surface area contributed by atoms with Gasteiger partial charge in [-0.2, -0.15) is 0 Å². The van der Waals surface area contributed by atoms with Crippen LogP contribution in [0.4, 0.5) is 0 Å². The topological polar surface area (TPSA) is 89.9 Å². The van der Waals surface area contributed by atoms with E-state index >= 15 is 0 Å². The SMILES string of the molecule is C=C(CCCCCCCCCCCC)C(=O)O.C=CC(=O)Oc1ccc(C(C)(C)c2ccc(OC(=O)C=C)cc2)cc1. The van der Waals surface area contributed by atoms with E-state index < -0.39 is 17.9 Å². The first-order valence-corrected chi connectivity index (χ1v) is 14.9. The van der Waals surface area contributed by atoms with Crippen LogP contribution in [0.2, 0.25) is 0 Å². The molecule has 0 amide bonds. The number of aliphatic carboxylic acids is 1. The lowest BCUT2D eigenvalue weighted by molar-refractivity contribution is -0.133. The second kappa shape index (κ2) is 20.0. The summed E-state index contributed by atoms with van der Waals surface area (Å²) >= 11 is 0. The van der Waals surface area contributed by atoms with Crippen LogP contribution in [0, 0.1) is 0 Å². The fraction of sp³-hybridized carbons (Fsp3) is 0.417. The van der Waals surface area contributed by atoms with Gasteiger partial charge in [0.2, 0.25) is 0 Å². The highest BCUT2D eigenvalue weighted by Gasteiger charge is 2.23. The second-order valence-corrected chi connectivity index (χ2v) is 10.8. The maximum Gasteiger partial charge on any atom is 0.335 e. The van der Waals surface area contributed by atoms with Crippen molar-refractivity contribution in [1.82, 2.24) is 0 Å². The highest BCUT2D eigenvalue weighted by atomic mass is 16.5. The molecule has 6 nitrogen and oxygen atoms in total. The van der Waals surface area contributed by atoms with E-state index in [1.165, 1.54) is 51.4 Å². The molecule has 2 rings (SSSR count). The van der Waals surface area contributed by atoms with Crippen molar-refractivity contribution in [2.24, 2.45) is 0 Å². The lowest BCUT2D eigenvalue weighted by atomic mass is 9.78. The molecule has 2 aromatic rings. The fourth-order valence-corrected chi connectivity index (χ4v) is 4.29. The summed E-state index contributed by atoms with van der Waals surface area (Å²) in [4.78, 5) is 33.0. The Morgan fingerprint density at radius 3 is 1.38 bits per heavy atom. The van der Waals surface area contributed by atoms with Crippen LogP contribution >= 0.6 is 0 Å². The van der Waals surface area contributed by atoms with Crippen molar-refractivity contribution in [3.05, 3.63) is 97.1 Å². The van der Waals surface area contributed by atoms with Crippen LogP contribution in [0.5, 0.6) is 11.5 Å². The van der Waals surface area contributed by atoms with Crippen molar-refractivity contribution in [3.63, 3.8) is 0 Å². The Morgan fingerprint density at radius 1 is 0.690 bits per heavy atom. The number of carbonyl (C=O) groups is 3. The average Bonchev–Trinajstić information content (AvgIpc) is 2.98. The van der Waals surface area contributed by atoms with Gasteiger partial charge in [-0.15, -0.1) is 0 Å². The lowest BCUT2D eigenvalue weighted by Gasteiger charge is -2.26. The number of carbonyl (C=O) groups excluding carboxylic acids is 2. The Labute approximate surface area is 252 Å². The number of rotatable bonds is 18. The zero-order valence-corrected chi connectivity index (χ0v) is 25.7. The van der Waals surface area contributed by atoms with E-state index in [0.29, 0.717) is 23.5 Å². The number of ether oxygens (including phenoxy) is 2. The smallest absolute Gasteiger partial charge is 0.335 e. The van der Waals surface area contributed by atoms with Crippen LogP contribution in [0.1, 0.15) is 103 Å². The van der Waals surface area contributed by atoms with Gasteiger partial charge in [0.1, 0.15) is 11.5 Å². The van der Waals surface area contributed by atoms with Gasteiger partial charge in [0.05, 0.1) is 0 Å². The fourth-order valence-electron chi connectivity index (χ4n) is 4.29. The molecule has 0 fully saturated rings. The van der Waals surface area contributed by atoms with Gasteiger partial charge >= 0.3 is 17.9 Å². The van der Waals surface area contributed by atoms with Crippen molar-refractivity contribution in [1.29, 1.82) is 0 Å². The van der Waals surface area contributed by atoms with Crippen molar-refractivity contribution in [2.75, 3.05) is 0 Å². The Hall–Kier alpha value is -3.93. The van der Waals surface area contributed by atoms with E-state index in [-0.39, 0.29) is 5.41 Å². The molecule has 6 heteroatoms.